The molecule has 0 saturated heterocycles. The van der Waals surface area contributed by atoms with E-state index in [0.717, 1.165) is 11.3 Å². The zero-order valence-corrected chi connectivity index (χ0v) is 17.2. The molecule has 0 bridgehead atoms. The van der Waals surface area contributed by atoms with Gasteiger partial charge < -0.3 is 26.8 Å². The van der Waals surface area contributed by atoms with Gasteiger partial charge in [0.1, 0.15) is 18.5 Å². The zero-order chi connectivity index (χ0) is 19.7. The van der Waals surface area contributed by atoms with Crippen LogP contribution in [0.1, 0.15) is 11.1 Å². The standard InChI is InChI=1S/C20H19N4O4.BrH/c1-28-18-5-2-4-15(12-18)13-23-19-21-10-3-11-22(19)14-20(23,25)16-6-8-17(9-7-16)24(26)27;/h2-12,25H,13-14H2,1H3;1H/q+1;/p-1/t20-;/m1./s1. The highest BCUT2D eigenvalue weighted by atomic mass is 79.9. The number of anilines is 1. The fourth-order valence-electron chi connectivity index (χ4n) is 3.48. The summed E-state index contributed by atoms with van der Waals surface area (Å²) in [6.07, 6.45) is 3.52. The summed E-state index contributed by atoms with van der Waals surface area (Å²) in [5, 5.41) is 22.6. The summed E-state index contributed by atoms with van der Waals surface area (Å²) in [6, 6.07) is 15.4. The lowest BCUT2D eigenvalue weighted by molar-refractivity contribution is -0.685. The summed E-state index contributed by atoms with van der Waals surface area (Å²) < 4.78 is 7.16. The molecule has 0 fully saturated rings. The average Bonchev–Trinajstić information content (AvgIpc) is 3.01. The normalized spacial score (nSPS) is 17.4. The molecule has 0 aliphatic carbocycles. The monoisotopic (exact) mass is 458 g/mol. The average molecular weight is 459 g/mol. The topological polar surface area (TPSA) is 92.6 Å². The van der Waals surface area contributed by atoms with Crippen LogP contribution in [0.5, 0.6) is 5.75 Å². The van der Waals surface area contributed by atoms with Gasteiger partial charge in [-0.2, -0.15) is 0 Å². The number of aliphatic hydroxyl groups is 1. The first kappa shape index (κ1) is 20.7. The van der Waals surface area contributed by atoms with Crippen LogP contribution in [0.4, 0.5) is 11.6 Å². The smallest absolute Gasteiger partial charge is 0.397 e. The van der Waals surface area contributed by atoms with Gasteiger partial charge in [0.2, 0.25) is 5.72 Å². The number of hydrogen-bond donors (Lipinski definition) is 1. The summed E-state index contributed by atoms with van der Waals surface area (Å²) >= 11 is 0. The van der Waals surface area contributed by atoms with Gasteiger partial charge in [0.25, 0.3) is 5.69 Å². The van der Waals surface area contributed by atoms with Crippen molar-refractivity contribution in [3.05, 3.63) is 88.2 Å². The van der Waals surface area contributed by atoms with Gasteiger partial charge in [-0.05, 0) is 29.8 Å². The molecule has 0 unspecified atom stereocenters. The molecule has 3 aromatic rings. The third kappa shape index (κ3) is 3.79. The predicted molar refractivity (Wildman–Crippen MR) is 101 cm³/mol. The molecule has 1 aromatic heterocycles. The third-order valence-electron chi connectivity index (χ3n) is 4.89. The Labute approximate surface area is 177 Å². The van der Waals surface area contributed by atoms with Crippen LogP contribution in [0.15, 0.2) is 67.0 Å². The predicted octanol–water partition coefficient (Wildman–Crippen LogP) is -0.845. The van der Waals surface area contributed by atoms with Gasteiger partial charge in [0.05, 0.1) is 24.8 Å². The van der Waals surface area contributed by atoms with E-state index in [4.69, 9.17) is 4.74 Å². The molecule has 0 spiro atoms. The lowest BCUT2D eigenvalue weighted by Gasteiger charge is -2.28. The SMILES string of the molecule is COc1cccc(CN2c3nccc[n+]3C[C@@]2(O)c2ccc([N+](=O)[O-])cc2)c1.[Br-]. The number of nitro benzene ring substituents is 1. The van der Waals surface area contributed by atoms with Crippen molar-refractivity contribution >= 4 is 11.6 Å². The summed E-state index contributed by atoms with van der Waals surface area (Å²) in [5.41, 5.74) is 0.0952. The van der Waals surface area contributed by atoms with Crippen LogP contribution in [-0.2, 0) is 18.8 Å². The van der Waals surface area contributed by atoms with Crippen LogP contribution in [0.2, 0.25) is 0 Å². The molecule has 8 nitrogen and oxygen atoms in total. The van der Waals surface area contributed by atoms with Crippen LogP contribution in [0.25, 0.3) is 0 Å². The molecule has 1 aliphatic heterocycles. The Hall–Kier alpha value is -3.04. The quantitative estimate of drug-likeness (QED) is 0.304. The van der Waals surface area contributed by atoms with Gasteiger partial charge in [0, 0.05) is 23.8 Å². The Bertz CT molecular complexity index is 1030. The van der Waals surface area contributed by atoms with Crippen molar-refractivity contribution in [2.45, 2.75) is 18.8 Å². The molecule has 2 aromatic carbocycles. The van der Waals surface area contributed by atoms with Gasteiger partial charge in [-0.25, -0.2) is 9.47 Å². The number of benzene rings is 2. The van der Waals surface area contributed by atoms with Crippen molar-refractivity contribution < 1.29 is 36.3 Å². The first-order valence-corrected chi connectivity index (χ1v) is 8.73. The van der Waals surface area contributed by atoms with Crippen molar-refractivity contribution in [2.24, 2.45) is 0 Å². The minimum Gasteiger partial charge on any atom is -1.00 e. The Kier molecular flexibility index (Phi) is 5.81. The number of rotatable bonds is 5. The lowest BCUT2D eigenvalue weighted by atomic mass is 10.0. The first-order valence-electron chi connectivity index (χ1n) is 8.73. The first-order chi connectivity index (χ1) is 13.5. The van der Waals surface area contributed by atoms with E-state index in [2.05, 4.69) is 4.98 Å². The van der Waals surface area contributed by atoms with Crippen LogP contribution in [0, 0.1) is 10.1 Å². The number of aromatic nitrogens is 2. The molecular weight excluding hydrogens is 440 g/mol. The highest BCUT2D eigenvalue weighted by molar-refractivity contribution is 5.43. The Morgan fingerprint density at radius 3 is 2.72 bits per heavy atom. The lowest BCUT2D eigenvalue weighted by Crippen LogP contribution is -3.00. The van der Waals surface area contributed by atoms with Crippen LogP contribution in [0.3, 0.4) is 0 Å². The van der Waals surface area contributed by atoms with Gasteiger partial charge in [-0.15, -0.1) is 0 Å². The maximum atomic E-state index is 11.6. The van der Waals surface area contributed by atoms with Gasteiger partial charge in [-0.1, -0.05) is 17.1 Å². The maximum absolute atomic E-state index is 11.6. The zero-order valence-electron chi connectivity index (χ0n) is 15.6. The van der Waals surface area contributed by atoms with Gasteiger partial charge in [0.15, 0.2) is 0 Å². The number of nitrogens with zero attached hydrogens (tertiary/aromatic N) is 4. The van der Waals surface area contributed by atoms with E-state index < -0.39 is 10.6 Å². The Morgan fingerprint density at radius 2 is 2.03 bits per heavy atom. The minimum absolute atomic E-state index is 0. The van der Waals surface area contributed by atoms with Crippen molar-refractivity contribution in [3.63, 3.8) is 0 Å². The number of ether oxygens (including phenoxy) is 1. The molecule has 1 aliphatic rings. The summed E-state index contributed by atoms with van der Waals surface area (Å²) in [4.78, 5) is 16.7. The van der Waals surface area contributed by atoms with Crippen LogP contribution >= 0.6 is 0 Å². The number of fused-ring (bicyclic) bond motifs is 1. The molecule has 1 N–H and O–H groups in total. The minimum atomic E-state index is -1.39. The third-order valence-corrected chi connectivity index (χ3v) is 4.89. The Balaban J connectivity index is 0.00000240. The van der Waals surface area contributed by atoms with E-state index >= 15 is 0 Å². The highest BCUT2D eigenvalue weighted by Crippen LogP contribution is 2.36. The molecule has 150 valence electrons. The molecule has 4 rings (SSSR count). The fourth-order valence-corrected chi connectivity index (χ4v) is 3.48. The van der Waals surface area contributed by atoms with E-state index in [1.165, 1.54) is 12.1 Å². The molecule has 0 amide bonds. The number of methoxy groups -OCH3 is 1. The number of halogens is 1. The number of hydrogen-bond acceptors (Lipinski definition) is 6. The molecule has 9 heteroatoms. The van der Waals surface area contributed by atoms with Crippen molar-refractivity contribution in [2.75, 3.05) is 12.0 Å². The summed E-state index contributed by atoms with van der Waals surface area (Å²) in [5.74, 6) is 1.34. The Morgan fingerprint density at radius 1 is 1.28 bits per heavy atom. The van der Waals surface area contributed by atoms with Crippen LogP contribution < -0.4 is 31.2 Å². The van der Waals surface area contributed by atoms with Crippen molar-refractivity contribution in [1.29, 1.82) is 0 Å². The summed E-state index contributed by atoms with van der Waals surface area (Å²) in [6.45, 7) is 0.652. The van der Waals surface area contributed by atoms with Crippen molar-refractivity contribution in [3.8, 4) is 5.75 Å². The van der Waals surface area contributed by atoms with Gasteiger partial charge in [-0.3, -0.25) is 10.1 Å². The van der Waals surface area contributed by atoms with E-state index in [-0.39, 0.29) is 29.2 Å². The number of nitro groups is 1. The maximum Gasteiger partial charge on any atom is 0.397 e. The molecule has 29 heavy (non-hydrogen) atoms. The molecule has 0 radical (unpaired) electrons. The molecule has 1 atom stereocenters. The van der Waals surface area contributed by atoms with Crippen LogP contribution in [-0.4, -0.2) is 22.1 Å². The van der Waals surface area contributed by atoms with E-state index in [1.54, 1.807) is 36.4 Å². The van der Waals surface area contributed by atoms with E-state index in [9.17, 15) is 15.2 Å². The highest BCUT2D eigenvalue weighted by Gasteiger charge is 2.51. The molecule has 2 heterocycles. The molecular formula is C20H19BrN4O4. The van der Waals surface area contributed by atoms with E-state index in [0.29, 0.717) is 18.1 Å². The van der Waals surface area contributed by atoms with Crippen molar-refractivity contribution in [1.82, 2.24) is 4.98 Å². The molecule has 0 saturated carbocycles. The second kappa shape index (κ2) is 8.14. The van der Waals surface area contributed by atoms with E-state index in [1.807, 2.05) is 35.0 Å². The largest absolute Gasteiger partial charge is 1.00 e. The second-order valence-corrected chi connectivity index (χ2v) is 6.61. The fraction of sp³-hybridized carbons (Fsp3) is 0.200. The number of non-ortho nitro benzene ring substituents is 1. The van der Waals surface area contributed by atoms with Gasteiger partial charge >= 0.3 is 5.95 Å². The second-order valence-electron chi connectivity index (χ2n) is 6.61. The summed E-state index contributed by atoms with van der Waals surface area (Å²) in [7, 11) is 1.61.